The largest absolute Gasteiger partial charge is 0.297 e. The third kappa shape index (κ3) is 4.02. The van der Waals surface area contributed by atoms with E-state index in [1.165, 1.54) is 33.3 Å². The molecule has 0 bridgehead atoms. The Labute approximate surface area is 187 Å². The summed E-state index contributed by atoms with van der Waals surface area (Å²) in [6.45, 7) is 13.9. The van der Waals surface area contributed by atoms with Crippen molar-refractivity contribution in [2.75, 3.05) is 0 Å². The molecule has 0 aliphatic carbocycles. The number of benzene rings is 3. The number of aromatic nitrogens is 2. The van der Waals surface area contributed by atoms with Gasteiger partial charge in [0, 0.05) is 16.9 Å². The molecular formula is C28H32N2Si. The Bertz CT molecular complexity index is 1200. The van der Waals surface area contributed by atoms with Gasteiger partial charge in [-0.3, -0.25) is 4.57 Å². The molecule has 0 aliphatic rings. The molecule has 1 heterocycles. The van der Waals surface area contributed by atoms with Gasteiger partial charge in [-0.25, -0.2) is 4.98 Å². The van der Waals surface area contributed by atoms with Crippen LogP contribution < -0.4 is 5.19 Å². The lowest BCUT2D eigenvalue weighted by Crippen LogP contribution is -2.41. The lowest BCUT2D eigenvalue weighted by Gasteiger charge is -2.27. The molecule has 0 aliphatic heterocycles. The summed E-state index contributed by atoms with van der Waals surface area (Å²) >= 11 is 0. The van der Waals surface area contributed by atoms with Gasteiger partial charge in [0.25, 0.3) is 0 Å². The summed E-state index contributed by atoms with van der Waals surface area (Å²) in [6, 6.07) is 26.2. The van der Waals surface area contributed by atoms with Crippen LogP contribution in [0.1, 0.15) is 23.9 Å². The van der Waals surface area contributed by atoms with Crippen molar-refractivity contribution in [3.05, 3.63) is 89.7 Å². The van der Waals surface area contributed by atoms with Gasteiger partial charge in [-0.2, -0.15) is 0 Å². The first-order valence-electron chi connectivity index (χ1n) is 11.2. The first-order chi connectivity index (χ1) is 14.8. The molecule has 0 saturated heterocycles. The van der Waals surface area contributed by atoms with E-state index in [-0.39, 0.29) is 0 Å². The van der Waals surface area contributed by atoms with Gasteiger partial charge in [0.05, 0.1) is 13.8 Å². The van der Waals surface area contributed by atoms with Gasteiger partial charge in [-0.15, -0.1) is 0 Å². The van der Waals surface area contributed by atoms with Crippen LogP contribution in [0.5, 0.6) is 0 Å². The van der Waals surface area contributed by atoms with E-state index in [0.717, 1.165) is 23.5 Å². The minimum atomic E-state index is -1.66. The van der Waals surface area contributed by atoms with E-state index in [1.54, 1.807) is 0 Å². The average molecular weight is 425 g/mol. The number of hydrogen-bond acceptors (Lipinski definition) is 1. The van der Waals surface area contributed by atoms with Crippen molar-refractivity contribution < 1.29 is 0 Å². The topological polar surface area (TPSA) is 17.8 Å². The zero-order valence-electron chi connectivity index (χ0n) is 19.5. The first kappa shape index (κ1) is 21.3. The monoisotopic (exact) mass is 424 g/mol. The number of nitrogens with zero attached hydrogens (tertiary/aromatic N) is 2. The fraction of sp³-hybridized carbons (Fsp3) is 0.250. The standard InChI is InChI=1S/C28H32N2Si/c1-7-22-18-25(23-14-10-8-11-15-23)19-26(31(4,5)6)27(22)30-21(3)20(2)29-28(30)24-16-12-9-13-17-24/h8-19H,7H2,1-6H3. The highest BCUT2D eigenvalue weighted by atomic mass is 28.3. The smallest absolute Gasteiger partial charge is 0.145 e. The lowest BCUT2D eigenvalue weighted by molar-refractivity contribution is 0.978. The molecule has 0 N–H and O–H groups in total. The van der Waals surface area contributed by atoms with Crippen LogP contribution >= 0.6 is 0 Å². The summed E-state index contributed by atoms with van der Waals surface area (Å²) in [5, 5.41) is 1.49. The molecular weight excluding hydrogens is 392 g/mol. The second kappa shape index (κ2) is 8.31. The third-order valence-electron chi connectivity index (χ3n) is 6.08. The van der Waals surface area contributed by atoms with Gasteiger partial charge >= 0.3 is 0 Å². The minimum Gasteiger partial charge on any atom is -0.297 e. The van der Waals surface area contributed by atoms with Crippen LogP contribution in [0, 0.1) is 13.8 Å². The fourth-order valence-electron chi connectivity index (χ4n) is 4.26. The zero-order valence-corrected chi connectivity index (χ0v) is 20.5. The molecule has 0 spiro atoms. The van der Waals surface area contributed by atoms with Crippen LogP contribution in [0.25, 0.3) is 28.2 Å². The first-order valence-corrected chi connectivity index (χ1v) is 14.7. The van der Waals surface area contributed by atoms with Gasteiger partial charge in [-0.1, -0.05) is 93.3 Å². The fourth-order valence-corrected chi connectivity index (χ4v) is 5.83. The van der Waals surface area contributed by atoms with Crippen LogP contribution in [0.3, 0.4) is 0 Å². The number of aryl methyl sites for hydroxylation is 2. The van der Waals surface area contributed by atoms with Gasteiger partial charge in [0.15, 0.2) is 0 Å². The van der Waals surface area contributed by atoms with Crippen LogP contribution in [0.4, 0.5) is 0 Å². The van der Waals surface area contributed by atoms with Crippen molar-refractivity contribution in [2.24, 2.45) is 0 Å². The highest BCUT2D eigenvalue weighted by molar-refractivity contribution is 6.89. The van der Waals surface area contributed by atoms with Crippen molar-refractivity contribution in [3.8, 4) is 28.2 Å². The predicted octanol–water partition coefficient (Wildman–Crippen LogP) is 6.93. The van der Waals surface area contributed by atoms with Crippen molar-refractivity contribution in [1.29, 1.82) is 0 Å². The van der Waals surface area contributed by atoms with Crippen molar-refractivity contribution in [1.82, 2.24) is 9.55 Å². The highest BCUT2D eigenvalue weighted by Gasteiger charge is 2.27. The van der Waals surface area contributed by atoms with E-state index in [9.17, 15) is 0 Å². The Morgan fingerprint density at radius 1 is 0.774 bits per heavy atom. The predicted molar refractivity (Wildman–Crippen MR) is 136 cm³/mol. The Morgan fingerprint density at radius 3 is 1.90 bits per heavy atom. The van der Waals surface area contributed by atoms with Crippen LogP contribution in [-0.4, -0.2) is 17.6 Å². The van der Waals surface area contributed by atoms with E-state index in [2.05, 4.69) is 118 Å². The molecule has 4 rings (SSSR count). The van der Waals surface area contributed by atoms with Gasteiger partial charge in [0.2, 0.25) is 0 Å². The molecule has 0 fully saturated rings. The van der Waals surface area contributed by atoms with Gasteiger partial charge < -0.3 is 0 Å². The second-order valence-electron chi connectivity index (χ2n) is 9.31. The molecule has 0 radical (unpaired) electrons. The molecule has 31 heavy (non-hydrogen) atoms. The molecule has 2 nitrogen and oxygen atoms in total. The summed E-state index contributed by atoms with van der Waals surface area (Å²) < 4.78 is 2.42. The molecule has 1 aromatic heterocycles. The molecule has 158 valence electrons. The van der Waals surface area contributed by atoms with Gasteiger partial charge in [0.1, 0.15) is 5.82 Å². The summed E-state index contributed by atoms with van der Waals surface area (Å²) in [4.78, 5) is 5.01. The maximum Gasteiger partial charge on any atom is 0.145 e. The number of rotatable bonds is 5. The van der Waals surface area contributed by atoms with Crippen molar-refractivity contribution in [2.45, 2.75) is 46.8 Å². The Kier molecular flexibility index (Phi) is 5.72. The minimum absolute atomic E-state index is 0.985. The second-order valence-corrected chi connectivity index (χ2v) is 14.3. The average Bonchev–Trinajstić information content (AvgIpc) is 3.07. The summed E-state index contributed by atoms with van der Waals surface area (Å²) in [6.07, 6.45) is 0.985. The van der Waals surface area contributed by atoms with Crippen LogP contribution in [0.2, 0.25) is 19.6 Å². The SMILES string of the molecule is CCc1cc(-c2ccccc2)cc([Si](C)(C)C)c1-n1c(-c2ccccc2)nc(C)c1C. The molecule has 0 amide bonds. The van der Waals surface area contributed by atoms with E-state index >= 15 is 0 Å². The van der Waals surface area contributed by atoms with E-state index in [4.69, 9.17) is 4.98 Å². The molecule has 0 unspecified atom stereocenters. The highest BCUT2D eigenvalue weighted by Crippen LogP contribution is 2.31. The maximum absolute atomic E-state index is 5.01. The zero-order chi connectivity index (χ0) is 22.2. The Morgan fingerprint density at radius 2 is 1.35 bits per heavy atom. The van der Waals surface area contributed by atoms with Crippen molar-refractivity contribution in [3.63, 3.8) is 0 Å². The van der Waals surface area contributed by atoms with E-state index in [1.807, 2.05) is 0 Å². The molecule has 3 heteroatoms. The number of hydrogen-bond donors (Lipinski definition) is 0. The maximum atomic E-state index is 5.01. The number of imidazole rings is 1. The molecule has 0 saturated carbocycles. The molecule has 4 aromatic rings. The van der Waals surface area contributed by atoms with Crippen LogP contribution in [0.15, 0.2) is 72.8 Å². The van der Waals surface area contributed by atoms with Crippen molar-refractivity contribution >= 4 is 13.3 Å². The summed E-state index contributed by atoms with van der Waals surface area (Å²) in [5.74, 6) is 1.04. The third-order valence-corrected chi connectivity index (χ3v) is 8.08. The lowest BCUT2D eigenvalue weighted by atomic mass is 10.00. The summed E-state index contributed by atoms with van der Waals surface area (Å²) in [7, 11) is -1.66. The Hall–Kier alpha value is -2.91. The van der Waals surface area contributed by atoms with E-state index in [0.29, 0.717) is 0 Å². The van der Waals surface area contributed by atoms with Gasteiger partial charge in [-0.05, 0) is 48.2 Å². The molecule has 3 aromatic carbocycles. The quantitative estimate of drug-likeness (QED) is 0.318. The molecule has 0 atom stereocenters. The normalized spacial score (nSPS) is 11.7. The van der Waals surface area contributed by atoms with Crippen LogP contribution in [-0.2, 0) is 6.42 Å². The Balaban J connectivity index is 2.07. The van der Waals surface area contributed by atoms with E-state index < -0.39 is 8.07 Å². The summed E-state index contributed by atoms with van der Waals surface area (Å²) in [5.41, 5.74) is 8.80.